The number of benzene rings is 3. The fourth-order valence-electron chi connectivity index (χ4n) is 2.97. The summed E-state index contributed by atoms with van der Waals surface area (Å²) in [6.45, 7) is 2.11. The summed E-state index contributed by atoms with van der Waals surface area (Å²) in [4.78, 5) is 25.3. The third kappa shape index (κ3) is 5.08. The second-order valence-electron chi connectivity index (χ2n) is 6.60. The molecule has 0 saturated carbocycles. The van der Waals surface area contributed by atoms with Gasteiger partial charge in [-0.3, -0.25) is 9.59 Å². The molecule has 0 spiro atoms. The van der Waals surface area contributed by atoms with Gasteiger partial charge in [0.25, 0.3) is 0 Å². The molecule has 0 unspecified atom stereocenters. The van der Waals surface area contributed by atoms with Crippen LogP contribution >= 0.6 is 11.6 Å². The molecule has 3 nitrogen and oxygen atoms in total. The number of hydrogen-bond donors (Lipinski definition) is 1. The summed E-state index contributed by atoms with van der Waals surface area (Å²) >= 11 is 6.09. The quantitative estimate of drug-likeness (QED) is 0.525. The molecule has 0 fully saturated rings. The van der Waals surface area contributed by atoms with E-state index in [1.54, 1.807) is 42.5 Å². The Morgan fingerprint density at radius 3 is 2.25 bits per heavy atom. The van der Waals surface area contributed by atoms with E-state index in [9.17, 15) is 9.59 Å². The molecule has 0 saturated heterocycles. The first kappa shape index (κ1) is 19.8. The van der Waals surface area contributed by atoms with Crippen molar-refractivity contribution in [2.75, 3.05) is 5.32 Å². The standard InChI is InChI=1S/C24H22ClNO2/c1-2-17-8-10-18(11-9-17)12-15-23(27)26-22-14-13-20(25)16-21(22)24(28)19-6-4-3-5-7-19/h3-11,13-14,16H,2,12,15H2,1H3,(H,26,27). The summed E-state index contributed by atoms with van der Waals surface area (Å²) in [6, 6.07) is 22.2. The smallest absolute Gasteiger partial charge is 0.224 e. The Morgan fingerprint density at radius 1 is 0.893 bits per heavy atom. The monoisotopic (exact) mass is 391 g/mol. The Morgan fingerprint density at radius 2 is 1.57 bits per heavy atom. The van der Waals surface area contributed by atoms with E-state index in [1.165, 1.54) is 5.56 Å². The molecule has 0 heterocycles. The topological polar surface area (TPSA) is 46.2 Å². The van der Waals surface area contributed by atoms with Crippen LogP contribution in [0.25, 0.3) is 0 Å². The second kappa shape index (κ2) is 9.34. The molecule has 0 bridgehead atoms. The minimum atomic E-state index is -0.173. The molecule has 0 atom stereocenters. The van der Waals surface area contributed by atoms with E-state index in [2.05, 4.69) is 36.5 Å². The van der Waals surface area contributed by atoms with Crippen LogP contribution in [-0.4, -0.2) is 11.7 Å². The number of rotatable bonds is 7. The lowest BCUT2D eigenvalue weighted by molar-refractivity contribution is -0.116. The van der Waals surface area contributed by atoms with Gasteiger partial charge >= 0.3 is 0 Å². The summed E-state index contributed by atoms with van der Waals surface area (Å²) in [5.41, 5.74) is 3.81. The number of ketones is 1. The van der Waals surface area contributed by atoms with Crippen molar-refractivity contribution in [3.63, 3.8) is 0 Å². The van der Waals surface area contributed by atoms with Gasteiger partial charge in [-0.1, -0.05) is 73.1 Å². The molecule has 0 radical (unpaired) electrons. The molecule has 3 aromatic carbocycles. The van der Waals surface area contributed by atoms with Crippen molar-refractivity contribution in [3.05, 3.63) is 100 Å². The van der Waals surface area contributed by atoms with Crippen LogP contribution in [0.2, 0.25) is 5.02 Å². The van der Waals surface area contributed by atoms with Crippen molar-refractivity contribution in [2.45, 2.75) is 26.2 Å². The SMILES string of the molecule is CCc1ccc(CCC(=O)Nc2ccc(Cl)cc2C(=O)c2ccccc2)cc1. The van der Waals surface area contributed by atoms with Crippen molar-refractivity contribution in [1.82, 2.24) is 0 Å². The number of carbonyl (C=O) groups excluding carboxylic acids is 2. The molecule has 4 heteroatoms. The molecule has 1 amide bonds. The summed E-state index contributed by atoms with van der Waals surface area (Å²) < 4.78 is 0. The molecular formula is C24H22ClNO2. The average Bonchev–Trinajstić information content (AvgIpc) is 2.74. The zero-order valence-electron chi connectivity index (χ0n) is 15.7. The van der Waals surface area contributed by atoms with E-state index < -0.39 is 0 Å². The van der Waals surface area contributed by atoms with E-state index in [-0.39, 0.29) is 11.7 Å². The normalized spacial score (nSPS) is 10.5. The number of anilines is 1. The second-order valence-corrected chi connectivity index (χ2v) is 7.04. The molecule has 142 valence electrons. The van der Waals surface area contributed by atoms with Gasteiger partial charge in [0.2, 0.25) is 5.91 Å². The van der Waals surface area contributed by atoms with Crippen LogP contribution < -0.4 is 5.32 Å². The predicted molar refractivity (Wildman–Crippen MR) is 114 cm³/mol. The number of halogens is 1. The summed E-state index contributed by atoms with van der Waals surface area (Å²) in [6.07, 6.45) is 1.98. The Bertz CT molecular complexity index is 966. The van der Waals surface area contributed by atoms with E-state index in [0.717, 1.165) is 12.0 Å². The van der Waals surface area contributed by atoms with Crippen molar-refractivity contribution < 1.29 is 9.59 Å². The number of carbonyl (C=O) groups is 2. The minimum absolute atomic E-state index is 0.135. The van der Waals surface area contributed by atoms with Crippen molar-refractivity contribution in [2.24, 2.45) is 0 Å². The fourth-order valence-corrected chi connectivity index (χ4v) is 3.14. The lowest BCUT2D eigenvalue weighted by Gasteiger charge is -2.11. The largest absolute Gasteiger partial charge is 0.325 e. The Labute approximate surface area is 170 Å². The van der Waals surface area contributed by atoms with Gasteiger partial charge in [-0.15, -0.1) is 0 Å². The number of aryl methyl sites for hydroxylation is 2. The third-order valence-corrected chi connectivity index (χ3v) is 4.84. The van der Waals surface area contributed by atoms with Gasteiger partial charge in [0, 0.05) is 22.6 Å². The zero-order chi connectivity index (χ0) is 19.9. The maximum absolute atomic E-state index is 12.8. The van der Waals surface area contributed by atoms with Crippen LogP contribution in [0.15, 0.2) is 72.8 Å². The van der Waals surface area contributed by atoms with Crippen LogP contribution in [0.1, 0.15) is 40.4 Å². The van der Waals surface area contributed by atoms with Gasteiger partial charge in [0.05, 0.1) is 5.69 Å². The highest BCUT2D eigenvalue weighted by Gasteiger charge is 2.16. The summed E-state index contributed by atoms with van der Waals surface area (Å²) in [5, 5.41) is 3.31. The van der Waals surface area contributed by atoms with Gasteiger partial charge in [-0.2, -0.15) is 0 Å². The number of amides is 1. The third-order valence-electron chi connectivity index (χ3n) is 4.61. The first-order chi connectivity index (χ1) is 13.6. The number of nitrogens with one attached hydrogen (secondary N) is 1. The first-order valence-electron chi connectivity index (χ1n) is 9.34. The predicted octanol–water partition coefficient (Wildman–Crippen LogP) is 5.70. The van der Waals surface area contributed by atoms with E-state index in [1.807, 2.05) is 6.07 Å². The highest BCUT2D eigenvalue weighted by Crippen LogP contribution is 2.24. The highest BCUT2D eigenvalue weighted by atomic mass is 35.5. The molecule has 3 aromatic rings. The van der Waals surface area contributed by atoms with Gasteiger partial charge in [-0.25, -0.2) is 0 Å². The maximum atomic E-state index is 12.8. The highest BCUT2D eigenvalue weighted by molar-refractivity contribution is 6.31. The van der Waals surface area contributed by atoms with Crippen LogP contribution in [0.3, 0.4) is 0 Å². The van der Waals surface area contributed by atoms with Crippen LogP contribution in [0, 0.1) is 0 Å². The molecule has 1 N–H and O–H groups in total. The number of hydrogen-bond acceptors (Lipinski definition) is 2. The lowest BCUT2D eigenvalue weighted by Crippen LogP contribution is -2.15. The van der Waals surface area contributed by atoms with Gasteiger partial charge < -0.3 is 5.32 Å². The molecule has 0 aliphatic heterocycles. The Kier molecular flexibility index (Phi) is 6.62. The van der Waals surface area contributed by atoms with Crippen LogP contribution in [-0.2, 0) is 17.6 Å². The van der Waals surface area contributed by atoms with Gasteiger partial charge in [0.15, 0.2) is 5.78 Å². The van der Waals surface area contributed by atoms with Crippen LogP contribution in [0.5, 0.6) is 0 Å². The van der Waals surface area contributed by atoms with E-state index in [0.29, 0.717) is 34.7 Å². The molecule has 3 rings (SSSR count). The van der Waals surface area contributed by atoms with Crippen molar-refractivity contribution >= 4 is 29.0 Å². The molecule has 0 aliphatic rings. The minimum Gasteiger partial charge on any atom is -0.325 e. The molecule has 0 aliphatic carbocycles. The summed E-state index contributed by atoms with van der Waals surface area (Å²) in [7, 11) is 0. The van der Waals surface area contributed by atoms with Gasteiger partial charge in [-0.05, 0) is 42.2 Å². The van der Waals surface area contributed by atoms with Crippen LogP contribution in [0.4, 0.5) is 5.69 Å². The first-order valence-corrected chi connectivity index (χ1v) is 9.71. The fraction of sp³-hybridized carbons (Fsp3) is 0.167. The Hall–Kier alpha value is -2.91. The lowest BCUT2D eigenvalue weighted by atomic mass is 10.0. The molecule has 28 heavy (non-hydrogen) atoms. The molecule has 0 aromatic heterocycles. The molecular weight excluding hydrogens is 370 g/mol. The van der Waals surface area contributed by atoms with E-state index in [4.69, 9.17) is 11.6 Å². The van der Waals surface area contributed by atoms with Crippen molar-refractivity contribution in [3.8, 4) is 0 Å². The van der Waals surface area contributed by atoms with Crippen molar-refractivity contribution in [1.29, 1.82) is 0 Å². The zero-order valence-corrected chi connectivity index (χ0v) is 16.5. The van der Waals surface area contributed by atoms with Gasteiger partial charge in [0.1, 0.15) is 0 Å². The Balaban J connectivity index is 1.71. The van der Waals surface area contributed by atoms with E-state index >= 15 is 0 Å². The summed E-state index contributed by atoms with van der Waals surface area (Å²) in [5.74, 6) is -0.308. The maximum Gasteiger partial charge on any atom is 0.224 e. The average molecular weight is 392 g/mol.